The summed E-state index contributed by atoms with van der Waals surface area (Å²) < 4.78 is 1.88. The molecule has 0 atom stereocenters. The molecule has 0 aliphatic heterocycles. The topological polar surface area (TPSA) is 71.4 Å². The third-order valence-corrected chi connectivity index (χ3v) is 3.52. The number of hydrogen-bond donors (Lipinski definition) is 2. The first-order valence-corrected chi connectivity index (χ1v) is 6.30. The summed E-state index contributed by atoms with van der Waals surface area (Å²) in [4.78, 5) is 4.12. The number of aryl methyl sites for hydroxylation is 2. The Morgan fingerprint density at radius 2 is 2.35 bits per heavy atom. The standard InChI is InChI=1S/C10H16N6S/c1-4-11-5-8-7(2)15-16(3)9(8)17-10-12-6-13-14-10/h6,11H,4-5H2,1-3H3,(H,12,13,14). The highest BCUT2D eigenvalue weighted by atomic mass is 32.2. The van der Waals surface area contributed by atoms with Gasteiger partial charge in [-0.05, 0) is 25.2 Å². The molecule has 17 heavy (non-hydrogen) atoms. The van der Waals surface area contributed by atoms with Crippen LogP contribution in [0.15, 0.2) is 16.5 Å². The first-order valence-electron chi connectivity index (χ1n) is 5.48. The highest BCUT2D eigenvalue weighted by Crippen LogP contribution is 2.28. The zero-order valence-corrected chi connectivity index (χ0v) is 11.0. The Morgan fingerprint density at radius 1 is 1.53 bits per heavy atom. The third-order valence-electron chi connectivity index (χ3n) is 2.43. The second-order valence-corrected chi connectivity index (χ2v) is 4.64. The number of aromatic amines is 1. The van der Waals surface area contributed by atoms with Crippen LogP contribution in [0.4, 0.5) is 0 Å². The molecule has 6 nitrogen and oxygen atoms in total. The van der Waals surface area contributed by atoms with Crippen molar-refractivity contribution in [1.82, 2.24) is 30.3 Å². The van der Waals surface area contributed by atoms with Crippen molar-refractivity contribution in [3.63, 3.8) is 0 Å². The van der Waals surface area contributed by atoms with E-state index < -0.39 is 0 Å². The second kappa shape index (κ2) is 5.33. The van der Waals surface area contributed by atoms with Crippen molar-refractivity contribution in [2.24, 2.45) is 7.05 Å². The third kappa shape index (κ3) is 2.67. The first-order chi connectivity index (χ1) is 8.22. The number of nitrogens with zero attached hydrogens (tertiary/aromatic N) is 4. The lowest BCUT2D eigenvalue weighted by Crippen LogP contribution is -2.12. The minimum absolute atomic E-state index is 0.783. The molecular weight excluding hydrogens is 236 g/mol. The molecule has 0 unspecified atom stereocenters. The average molecular weight is 252 g/mol. The van der Waals surface area contributed by atoms with E-state index in [9.17, 15) is 0 Å². The minimum Gasteiger partial charge on any atom is -0.313 e. The largest absolute Gasteiger partial charge is 0.313 e. The summed E-state index contributed by atoms with van der Waals surface area (Å²) in [5, 5.41) is 16.3. The Bertz CT molecular complexity index is 475. The van der Waals surface area contributed by atoms with Crippen molar-refractivity contribution in [2.75, 3.05) is 6.54 Å². The van der Waals surface area contributed by atoms with Gasteiger partial charge in [0.25, 0.3) is 0 Å². The molecule has 0 aliphatic carbocycles. The maximum Gasteiger partial charge on any atom is 0.189 e. The van der Waals surface area contributed by atoms with Gasteiger partial charge in [-0.1, -0.05) is 6.92 Å². The first kappa shape index (κ1) is 12.1. The lowest BCUT2D eigenvalue weighted by molar-refractivity contribution is 0.672. The van der Waals surface area contributed by atoms with E-state index in [0.29, 0.717) is 0 Å². The van der Waals surface area contributed by atoms with Gasteiger partial charge in [-0.2, -0.15) is 10.2 Å². The van der Waals surface area contributed by atoms with Gasteiger partial charge >= 0.3 is 0 Å². The van der Waals surface area contributed by atoms with E-state index >= 15 is 0 Å². The van der Waals surface area contributed by atoms with Crippen LogP contribution in [0, 0.1) is 6.92 Å². The van der Waals surface area contributed by atoms with E-state index in [1.165, 1.54) is 11.9 Å². The van der Waals surface area contributed by atoms with Crippen molar-refractivity contribution in [1.29, 1.82) is 0 Å². The molecule has 7 heteroatoms. The van der Waals surface area contributed by atoms with E-state index in [-0.39, 0.29) is 0 Å². The number of aromatic nitrogens is 5. The van der Waals surface area contributed by atoms with Gasteiger partial charge in [-0.15, -0.1) is 0 Å². The Hall–Kier alpha value is -1.34. The Morgan fingerprint density at radius 3 is 3.00 bits per heavy atom. The minimum atomic E-state index is 0.783. The maximum atomic E-state index is 4.44. The molecule has 2 aromatic rings. The van der Waals surface area contributed by atoms with E-state index in [1.54, 1.807) is 11.8 Å². The summed E-state index contributed by atoms with van der Waals surface area (Å²) in [5.74, 6) is 0. The van der Waals surface area contributed by atoms with Gasteiger partial charge in [0.1, 0.15) is 11.4 Å². The van der Waals surface area contributed by atoms with Gasteiger partial charge in [-0.3, -0.25) is 9.78 Å². The molecule has 2 aromatic heterocycles. The van der Waals surface area contributed by atoms with Gasteiger partial charge < -0.3 is 5.32 Å². The maximum absolute atomic E-state index is 4.44. The van der Waals surface area contributed by atoms with E-state index in [0.717, 1.165) is 29.0 Å². The fourth-order valence-electron chi connectivity index (χ4n) is 1.60. The fraction of sp³-hybridized carbons (Fsp3) is 0.500. The molecule has 2 rings (SSSR count). The summed E-state index contributed by atoms with van der Waals surface area (Å²) in [7, 11) is 1.95. The number of nitrogens with one attached hydrogen (secondary N) is 2. The predicted octanol–water partition coefficient (Wildman–Crippen LogP) is 1.11. The molecule has 0 saturated heterocycles. The SMILES string of the molecule is CCNCc1c(C)nn(C)c1Sc1ncn[nH]1. The molecule has 92 valence electrons. The van der Waals surface area contributed by atoms with E-state index in [2.05, 4.69) is 32.5 Å². The summed E-state index contributed by atoms with van der Waals surface area (Å²) in [6.07, 6.45) is 1.51. The van der Waals surface area contributed by atoms with Gasteiger partial charge in [0.2, 0.25) is 0 Å². The van der Waals surface area contributed by atoms with Crippen LogP contribution in [-0.2, 0) is 13.6 Å². The lowest BCUT2D eigenvalue weighted by Gasteiger charge is -2.04. The molecule has 2 N–H and O–H groups in total. The summed E-state index contributed by atoms with van der Waals surface area (Å²) in [6, 6.07) is 0. The Kier molecular flexibility index (Phi) is 3.80. The average Bonchev–Trinajstić information content (AvgIpc) is 2.88. The van der Waals surface area contributed by atoms with Crippen molar-refractivity contribution in [2.45, 2.75) is 30.6 Å². The van der Waals surface area contributed by atoms with Crippen LogP contribution in [0.5, 0.6) is 0 Å². The van der Waals surface area contributed by atoms with Crippen molar-refractivity contribution < 1.29 is 0 Å². The summed E-state index contributed by atoms with van der Waals surface area (Å²) >= 11 is 1.55. The molecular formula is C10H16N6S. The van der Waals surface area contributed by atoms with Crippen LogP contribution in [0.3, 0.4) is 0 Å². The van der Waals surface area contributed by atoms with Gasteiger partial charge in [0.05, 0.1) is 5.69 Å². The summed E-state index contributed by atoms with van der Waals surface area (Å²) in [6.45, 7) is 5.89. The Balaban J connectivity index is 2.25. The quantitative estimate of drug-likeness (QED) is 0.834. The van der Waals surface area contributed by atoms with Crippen LogP contribution in [0.25, 0.3) is 0 Å². The van der Waals surface area contributed by atoms with Crippen LogP contribution in [0.1, 0.15) is 18.2 Å². The molecule has 0 fully saturated rings. The zero-order valence-electron chi connectivity index (χ0n) is 10.2. The van der Waals surface area contributed by atoms with Gasteiger partial charge in [0, 0.05) is 19.2 Å². The van der Waals surface area contributed by atoms with Crippen molar-refractivity contribution >= 4 is 11.8 Å². The van der Waals surface area contributed by atoms with Gasteiger partial charge in [0.15, 0.2) is 5.16 Å². The summed E-state index contributed by atoms with van der Waals surface area (Å²) in [5.41, 5.74) is 2.27. The molecule has 0 spiro atoms. The molecule has 2 heterocycles. The number of H-pyrrole nitrogens is 1. The number of rotatable bonds is 5. The number of hydrogen-bond acceptors (Lipinski definition) is 5. The molecule has 0 aromatic carbocycles. The Labute approximate surface area is 104 Å². The second-order valence-electron chi connectivity index (χ2n) is 3.67. The zero-order chi connectivity index (χ0) is 12.3. The van der Waals surface area contributed by atoms with Crippen LogP contribution in [0.2, 0.25) is 0 Å². The van der Waals surface area contributed by atoms with E-state index in [4.69, 9.17) is 0 Å². The highest BCUT2D eigenvalue weighted by Gasteiger charge is 2.15. The fourth-order valence-corrected chi connectivity index (χ4v) is 2.49. The molecule has 0 radical (unpaired) electrons. The van der Waals surface area contributed by atoms with Crippen molar-refractivity contribution in [3.8, 4) is 0 Å². The highest BCUT2D eigenvalue weighted by molar-refractivity contribution is 7.99. The van der Waals surface area contributed by atoms with Crippen molar-refractivity contribution in [3.05, 3.63) is 17.6 Å². The van der Waals surface area contributed by atoms with Crippen LogP contribution >= 0.6 is 11.8 Å². The molecule has 0 amide bonds. The molecule has 0 aliphatic rings. The molecule has 0 bridgehead atoms. The van der Waals surface area contributed by atoms with Gasteiger partial charge in [-0.25, -0.2) is 4.98 Å². The predicted molar refractivity (Wildman–Crippen MR) is 65.8 cm³/mol. The smallest absolute Gasteiger partial charge is 0.189 e. The normalized spacial score (nSPS) is 11.0. The van der Waals surface area contributed by atoms with E-state index in [1.807, 2.05) is 18.7 Å². The molecule has 0 saturated carbocycles. The van der Waals surface area contributed by atoms with Crippen LogP contribution in [-0.4, -0.2) is 31.5 Å². The monoisotopic (exact) mass is 252 g/mol. The lowest BCUT2D eigenvalue weighted by atomic mass is 10.2. The van der Waals surface area contributed by atoms with Crippen LogP contribution < -0.4 is 5.32 Å².